The van der Waals surface area contributed by atoms with Crippen LogP contribution in [-0.4, -0.2) is 15.5 Å². The summed E-state index contributed by atoms with van der Waals surface area (Å²) in [5.74, 6) is 0.601. The Hall–Kier alpha value is -3.11. The zero-order valence-electron chi connectivity index (χ0n) is 16.4. The van der Waals surface area contributed by atoms with Crippen molar-refractivity contribution >= 4 is 28.5 Å². The van der Waals surface area contributed by atoms with E-state index in [-0.39, 0.29) is 11.9 Å². The Bertz CT molecular complexity index is 1160. The van der Waals surface area contributed by atoms with Crippen molar-refractivity contribution in [2.24, 2.45) is 0 Å². The Morgan fingerprint density at radius 3 is 2.48 bits per heavy atom. The van der Waals surface area contributed by atoms with Crippen LogP contribution < -0.4 is 5.32 Å². The largest absolute Gasteiger partial charge is 0.342 e. The molecule has 4 aromatic rings. The standard InChI is InChI=1S/C24H22ClN3O/c1-16-11-13-18(14-12-16)15-28-22-10-6-5-9-21(22)27-23(28)17(2)26-24(29)19-7-3-4-8-20(19)25/h3-14,17H,15H2,1-2H3,(H,26,29). The summed E-state index contributed by atoms with van der Waals surface area (Å²) in [4.78, 5) is 17.5. The first-order chi connectivity index (χ1) is 14.0. The fourth-order valence-corrected chi connectivity index (χ4v) is 3.67. The normalized spacial score (nSPS) is 12.1. The van der Waals surface area contributed by atoms with Crippen molar-refractivity contribution in [3.05, 3.63) is 100 Å². The van der Waals surface area contributed by atoms with E-state index in [0.29, 0.717) is 17.1 Å². The maximum Gasteiger partial charge on any atom is 0.253 e. The van der Waals surface area contributed by atoms with E-state index < -0.39 is 0 Å². The molecule has 0 aliphatic carbocycles. The van der Waals surface area contributed by atoms with Gasteiger partial charge in [-0.15, -0.1) is 0 Å². The summed E-state index contributed by atoms with van der Waals surface area (Å²) in [6, 6.07) is 23.3. The number of imidazole rings is 1. The van der Waals surface area contributed by atoms with Crippen molar-refractivity contribution in [2.45, 2.75) is 26.4 Å². The van der Waals surface area contributed by atoms with Gasteiger partial charge in [-0.3, -0.25) is 4.79 Å². The minimum atomic E-state index is -0.281. The number of hydrogen-bond donors (Lipinski definition) is 1. The molecule has 1 N–H and O–H groups in total. The van der Waals surface area contributed by atoms with Gasteiger partial charge in [0.1, 0.15) is 5.82 Å². The highest BCUT2D eigenvalue weighted by molar-refractivity contribution is 6.33. The van der Waals surface area contributed by atoms with Crippen molar-refractivity contribution in [2.75, 3.05) is 0 Å². The third-order valence-electron chi connectivity index (χ3n) is 5.00. The smallest absolute Gasteiger partial charge is 0.253 e. The van der Waals surface area contributed by atoms with Crippen molar-refractivity contribution in [3.8, 4) is 0 Å². The van der Waals surface area contributed by atoms with Crippen LogP contribution in [0, 0.1) is 6.92 Å². The Balaban J connectivity index is 1.68. The highest BCUT2D eigenvalue weighted by Gasteiger charge is 2.20. The summed E-state index contributed by atoms with van der Waals surface area (Å²) < 4.78 is 2.16. The molecular weight excluding hydrogens is 382 g/mol. The molecule has 1 heterocycles. The van der Waals surface area contributed by atoms with Crippen molar-refractivity contribution in [3.63, 3.8) is 0 Å². The lowest BCUT2D eigenvalue weighted by Gasteiger charge is -2.17. The van der Waals surface area contributed by atoms with Crippen LogP contribution in [0.3, 0.4) is 0 Å². The van der Waals surface area contributed by atoms with E-state index in [2.05, 4.69) is 47.1 Å². The molecule has 1 amide bonds. The molecule has 0 saturated carbocycles. The van der Waals surface area contributed by atoms with Gasteiger partial charge < -0.3 is 9.88 Å². The summed E-state index contributed by atoms with van der Waals surface area (Å²) in [7, 11) is 0. The van der Waals surface area contributed by atoms with Gasteiger partial charge in [-0.25, -0.2) is 4.98 Å². The highest BCUT2D eigenvalue weighted by atomic mass is 35.5. The molecular formula is C24H22ClN3O. The highest BCUT2D eigenvalue weighted by Crippen LogP contribution is 2.23. The molecule has 146 valence electrons. The minimum absolute atomic E-state index is 0.211. The number of halogens is 1. The van der Waals surface area contributed by atoms with Gasteiger partial charge in [0.2, 0.25) is 0 Å². The molecule has 5 heteroatoms. The van der Waals surface area contributed by atoms with Crippen molar-refractivity contribution in [1.82, 2.24) is 14.9 Å². The number of rotatable bonds is 5. The molecule has 0 fully saturated rings. The quantitative estimate of drug-likeness (QED) is 0.475. The number of nitrogens with one attached hydrogen (secondary N) is 1. The van der Waals surface area contributed by atoms with E-state index in [9.17, 15) is 4.79 Å². The fourth-order valence-electron chi connectivity index (χ4n) is 3.45. The Morgan fingerprint density at radius 1 is 1.03 bits per heavy atom. The van der Waals surface area contributed by atoms with Gasteiger partial charge in [0.15, 0.2) is 0 Å². The molecule has 1 unspecified atom stereocenters. The predicted octanol–water partition coefficient (Wildman–Crippen LogP) is 5.54. The molecule has 0 aliphatic rings. The maximum atomic E-state index is 12.7. The van der Waals surface area contributed by atoms with E-state index in [0.717, 1.165) is 16.9 Å². The summed E-state index contributed by atoms with van der Waals surface area (Å²) in [5.41, 5.74) is 4.83. The summed E-state index contributed by atoms with van der Waals surface area (Å²) in [6.45, 7) is 4.71. The van der Waals surface area contributed by atoms with E-state index in [1.54, 1.807) is 18.2 Å². The predicted molar refractivity (Wildman–Crippen MR) is 117 cm³/mol. The monoisotopic (exact) mass is 403 g/mol. The second-order valence-electron chi connectivity index (χ2n) is 7.21. The van der Waals surface area contributed by atoms with Gasteiger partial charge in [0.05, 0.1) is 27.7 Å². The van der Waals surface area contributed by atoms with Crippen LogP contribution in [0.25, 0.3) is 11.0 Å². The molecule has 4 rings (SSSR count). The molecule has 0 saturated heterocycles. The van der Waals surface area contributed by atoms with Gasteiger partial charge in [0, 0.05) is 6.54 Å². The lowest BCUT2D eigenvalue weighted by molar-refractivity contribution is 0.0938. The molecule has 0 aliphatic heterocycles. The number of amides is 1. The van der Waals surface area contributed by atoms with Crippen LogP contribution in [0.15, 0.2) is 72.8 Å². The number of para-hydroxylation sites is 2. The van der Waals surface area contributed by atoms with Gasteiger partial charge in [-0.1, -0.05) is 65.7 Å². The number of benzene rings is 3. The van der Waals surface area contributed by atoms with E-state index in [1.807, 2.05) is 31.2 Å². The molecule has 0 spiro atoms. The van der Waals surface area contributed by atoms with Crippen molar-refractivity contribution in [1.29, 1.82) is 0 Å². The summed E-state index contributed by atoms with van der Waals surface area (Å²) in [5, 5.41) is 3.48. The zero-order valence-corrected chi connectivity index (χ0v) is 17.1. The van der Waals surface area contributed by atoms with Crippen LogP contribution in [0.1, 0.15) is 40.3 Å². The lowest BCUT2D eigenvalue weighted by atomic mass is 10.1. The Labute approximate surface area is 175 Å². The second kappa shape index (κ2) is 8.10. The first-order valence-corrected chi connectivity index (χ1v) is 9.97. The van der Waals surface area contributed by atoms with Crippen LogP contribution in [0.4, 0.5) is 0 Å². The molecule has 1 aromatic heterocycles. The Kier molecular flexibility index (Phi) is 5.36. The molecule has 0 radical (unpaired) electrons. The summed E-state index contributed by atoms with van der Waals surface area (Å²) >= 11 is 6.18. The van der Waals surface area contributed by atoms with E-state index in [4.69, 9.17) is 16.6 Å². The topological polar surface area (TPSA) is 46.9 Å². The lowest BCUT2D eigenvalue weighted by Crippen LogP contribution is -2.29. The van der Waals surface area contributed by atoms with E-state index >= 15 is 0 Å². The first kappa shape index (κ1) is 19.2. The Morgan fingerprint density at radius 2 is 1.72 bits per heavy atom. The summed E-state index contributed by atoms with van der Waals surface area (Å²) in [6.07, 6.45) is 0. The number of carbonyl (C=O) groups excluding carboxylic acids is 1. The van der Waals surface area contributed by atoms with Crippen LogP contribution in [0.2, 0.25) is 5.02 Å². The average Bonchev–Trinajstić information content (AvgIpc) is 3.08. The molecule has 3 aromatic carbocycles. The number of hydrogen-bond acceptors (Lipinski definition) is 2. The fraction of sp³-hybridized carbons (Fsp3) is 0.167. The van der Waals surface area contributed by atoms with E-state index in [1.165, 1.54) is 11.1 Å². The third-order valence-corrected chi connectivity index (χ3v) is 5.33. The van der Waals surface area contributed by atoms with Gasteiger partial charge >= 0.3 is 0 Å². The average molecular weight is 404 g/mol. The number of fused-ring (bicyclic) bond motifs is 1. The number of carbonyl (C=O) groups is 1. The van der Waals surface area contributed by atoms with Gasteiger partial charge in [-0.2, -0.15) is 0 Å². The third kappa shape index (κ3) is 4.03. The molecule has 29 heavy (non-hydrogen) atoms. The van der Waals surface area contributed by atoms with Gasteiger partial charge in [-0.05, 0) is 43.7 Å². The zero-order chi connectivity index (χ0) is 20.4. The maximum absolute atomic E-state index is 12.7. The van der Waals surface area contributed by atoms with Crippen LogP contribution in [-0.2, 0) is 6.54 Å². The van der Waals surface area contributed by atoms with Crippen molar-refractivity contribution < 1.29 is 4.79 Å². The minimum Gasteiger partial charge on any atom is -0.342 e. The number of aryl methyl sites for hydroxylation is 1. The first-order valence-electron chi connectivity index (χ1n) is 9.59. The molecule has 4 nitrogen and oxygen atoms in total. The van der Waals surface area contributed by atoms with Crippen LogP contribution >= 0.6 is 11.6 Å². The number of aromatic nitrogens is 2. The molecule has 1 atom stereocenters. The second-order valence-corrected chi connectivity index (χ2v) is 7.61. The SMILES string of the molecule is Cc1ccc(Cn2c(C(C)NC(=O)c3ccccc3Cl)nc3ccccc32)cc1. The number of nitrogens with zero attached hydrogens (tertiary/aromatic N) is 2. The van der Waals surface area contributed by atoms with Crippen LogP contribution in [0.5, 0.6) is 0 Å². The van der Waals surface area contributed by atoms with Gasteiger partial charge in [0.25, 0.3) is 5.91 Å². The molecule has 0 bridgehead atoms.